The zero-order valence-electron chi connectivity index (χ0n) is 4.03. The molecule has 1 aliphatic heterocycles. The number of allylic oxidation sites excluding steroid dienone is 2. The van der Waals surface area contributed by atoms with Crippen LogP contribution in [0.15, 0.2) is 19.8 Å². The van der Waals surface area contributed by atoms with Crippen LogP contribution in [-0.2, 0) is 0 Å². The molecule has 0 nitrogen and oxygen atoms in total. The van der Waals surface area contributed by atoms with Gasteiger partial charge in [0.2, 0.25) is 0 Å². The lowest BCUT2D eigenvalue weighted by Crippen LogP contribution is -1.55. The van der Waals surface area contributed by atoms with Crippen molar-refractivity contribution in [2.24, 2.45) is 0 Å². The van der Waals surface area contributed by atoms with Crippen molar-refractivity contribution in [3.05, 3.63) is 19.8 Å². The van der Waals surface area contributed by atoms with Crippen LogP contribution < -0.4 is 0 Å². The van der Waals surface area contributed by atoms with Crippen LogP contribution in [0, 0.1) is 0 Å². The van der Waals surface area contributed by atoms with E-state index in [9.17, 15) is 0 Å². The first kappa shape index (κ1) is 6.78. The van der Waals surface area contributed by atoms with Crippen molar-refractivity contribution in [3.63, 3.8) is 0 Å². The van der Waals surface area contributed by atoms with Crippen molar-refractivity contribution in [2.45, 2.75) is 0 Å². The Labute approximate surface area is 67.8 Å². The van der Waals surface area contributed by atoms with Crippen molar-refractivity contribution >= 4 is 48.2 Å². The maximum atomic E-state index is 3.88. The molecule has 1 heterocycles. The molecule has 0 saturated carbocycles. The molecule has 3 heteroatoms. The molecule has 0 amide bonds. The van der Waals surface area contributed by atoms with E-state index in [4.69, 9.17) is 0 Å². The van der Waals surface area contributed by atoms with Crippen LogP contribution in [0.4, 0.5) is 0 Å². The Balaban J connectivity index is 3.02. The molecule has 1 atom stereocenters. The van der Waals surface area contributed by atoms with Gasteiger partial charge in [0.05, 0.1) is 3.81 Å². The second kappa shape index (κ2) is 2.50. The van der Waals surface area contributed by atoms with Crippen molar-refractivity contribution in [1.29, 1.82) is 0 Å². The van der Waals surface area contributed by atoms with E-state index in [0.717, 1.165) is 8.30 Å². The van der Waals surface area contributed by atoms with Crippen LogP contribution in [0.3, 0.4) is 0 Å². The summed E-state index contributed by atoms with van der Waals surface area (Å²) < 4.78 is 2.29. The smallest absolute Gasteiger partial charge is 0.0624 e. The number of rotatable bonds is 0. The predicted octanol–water partition coefficient (Wildman–Crippen LogP) is 3.17. The van der Waals surface area contributed by atoms with Crippen molar-refractivity contribution in [1.82, 2.24) is 0 Å². The van der Waals surface area contributed by atoms with E-state index in [-0.39, 0.29) is 10.5 Å². The predicted molar refractivity (Wildman–Crippen MR) is 48.7 cm³/mol. The molecule has 1 rings (SSSR count). The Morgan fingerprint density at radius 2 is 2.12 bits per heavy atom. The van der Waals surface area contributed by atoms with Crippen LogP contribution >= 0.6 is 42.3 Å². The Bertz CT molecular complexity index is 187. The van der Waals surface area contributed by atoms with Gasteiger partial charge in [0.15, 0.2) is 0 Å². The standard InChI is InChI=1S/C5H4Br2S/c1-8-3-2-4(6)5(8)7/h2-3H,1H2. The summed E-state index contributed by atoms with van der Waals surface area (Å²) in [4.78, 5) is 0. The number of hydrogen-bond donors (Lipinski definition) is 0. The van der Waals surface area contributed by atoms with E-state index >= 15 is 0 Å². The van der Waals surface area contributed by atoms with Crippen molar-refractivity contribution < 1.29 is 0 Å². The fraction of sp³-hybridized carbons (Fsp3) is 0. The fourth-order valence-electron chi connectivity index (χ4n) is 0.392. The van der Waals surface area contributed by atoms with Crippen LogP contribution in [0.2, 0.25) is 0 Å². The Hall–Kier alpha value is 0.660. The average Bonchev–Trinajstić information content (AvgIpc) is 1.98. The van der Waals surface area contributed by atoms with Gasteiger partial charge < -0.3 is 0 Å². The fourth-order valence-corrected chi connectivity index (χ4v) is 2.52. The maximum absolute atomic E-state index is 3.88. The molecule has 0 fully saturated rings. The minimum Gasteiger partial charge on any atom is -0.130 e. The van der Waals surface area contributed by atoms with Crippen LogP contribution in [0.5, 0.6) is 0 Å². The number of hydrogen-bond acceptors (Lipinski definition) is 0. The third kappa shape index (κ3) is 1.14. The minimum absolute atomic E-state index is 0.0712. The molecule has 8 heavy (non-hydrogen) atoms. The van der Waals surface area contributed by atoms with Crippen LogP contribution in [-0.4, -0.2) is 5.87 Å². The summed E-state index contributed by atoms with van der Waals surface area (Å²) >= 11 is 6.75. The summed E-state index contributed by atoms with van der Waals surface area (Å²) in [6, 6.07) is 0. The summed E-state index contributed by atoms with van der Waals surface area (Å²) in [5, 5.41) is 2.06. The van der Waals surface area contributed by atoms with Crippen LogP contribution in [0.25, 0.3) is 0 Å². The van der Waals surface area contributed by atoms with Gasteiger partial charge in [0, 0.05) is 4.48 Å². The molecular formula is C5H4Br2S. The molecule has 44 valence electrons. The lowest BCUT2D eigenvalue weighted by Gasteiger charge is -1.90. The quantitative estimate of drug-likeness (QED) is 0.584. The molecule has 1 aliphatic rings. The highest BCUT2D eigenvalue weighted by Crippen LogP contribution is 2.40. The van der Waals surface area contributed by atoms with Gasteiger partial charge >= 0.3 is 0 Å². The molecule has 0 N–H and O–H groups in total. The highest BCUT2D eigenvalue weighted by atomic mass is 79.9. The second-order valence-corrected chi connectivity index (χ2v) is 5.06. The molecule has 0 saturated heterocycles. The van der Waals surface area contributed by atoms with E-state index < -0.39 is 0 Å². The van der Waals surface area contributed by atoms with E-state index in [2.05, 4.69) is 43.1 Å². The topological polar surface area (TPSA) is 0 Å². The Kier molecular flexibility index (Phi) is 2.12. The number of halogens is 2. The Morgan fingerprint density at radius 1 is 1.50 bits per heavy atom. The molecule has 0 bridgehead atoms. The van der Waals surface area contributed by atoms with Crippen molar-refractivity contribution in [2.75, 3.05) is 0 Å². The van der Waals surface area contributed by atoms with E-state index in [1.165, 1.54) is 0 Å². The third-order valence-corrected chi connectivity index (χ3v) is 5.07. The molecule has 0 aromatic carbocycles. The monoisotopic (exact) mass is 254 g/mol. The summed E-state index contributed by atoms with van der Waals surface area (Å²) in [5.74, 6) is 3.88. The van der Waals surface area contributed by atoms with Crippen LogP contribution in [0.1, 0.15) is 0 Å². The first-order valence-electron chi connectivity index (χ1n) is 1.98. The second-order valence-electron chi connectivity index (χ2n) is 1.35. The molecule has 0 spiro atoms. The first-order chi connectivity index (χ1) is 3.72. The van der Waals surface area contributed by atoms with Gasteiger partial charge in [-0.1, -0.05) is 5.87 Å². The Morgan fingerprint density at radius 3 is 2.25 bits per heavy atom. The summed E-state index contributed by atoms with van der Waals surface area (Å²) in [5.41, 5.74) is 0. The minimum atomic E-state index is 0.0712. The van der Waals surface area contributed by atoms with E-state index in [0.29, 0.717) is 0 Å². The first-order valence-corrected chi connectivity index (χ1v) is 5.02. The third-order valence-electron chi connectivity index (χ3n) is 0.797. The highest BCUT2D eigenvalue weighted by molar-refractivity contribution is 9.16. The normalized spacial score (nSPS) is 27.5. The van der Waals surface area contributed by atoms with Gasteiger partial charge in [0.25, 0.3) is 0 Å². The molecule has 0 aromatic heterocycles. The van der Waals surface area contributed by atoms with Gasteiger partial charge in [-0.25, -0.2) is 0 Å². The molecular weight excluding hydrogens is 252 g/mol. The van der Waals surface area contributed by atoms with Gasteiger partial charge in [-0.05, 0) is 43.3 Å². The van der Waals surface area contributed by atoms with Gasteiger partial charge in [-0.15, -0.1) is 10.5 Å². The van der Waals surface area contributed by atoms with E-state index in [1.807, 2.05) is 6.08 Å². The lowest BCUT2D eigenvalue weighted by atomic mass is 10.6. The zero-order valence-corrected chi connectivity index (χ0v) is 8.01. The molecule has 0 aliphatic carbocycles. The summed E-state index contributed by atoms with van der Waals surface area (Å²) in [6.45, 7) is 0. The largest absolute Gasteiger partial charge is 0.130 e. The molecule has 0 aromatic rings. The highest BCUT2D eigenvalue weighted by Gasteiger charge is 2.03. The van der Waals surface area contributed by atoms with Gasteiger partial charge in [-0.3, -0.25) is 0 Å². The lowest BCUT2D eigenvalue weighted by molar-refractivity contribution is 2.07. The van der Waals surface area contributed by atoms with Gasteiger partial charge in [-0.2, -0.15) is 0 Å². The van der Waals surface area contributed by atoms with E-state index in [1.54, 1.807) is 0 Å². The summed E-state index contributed by atoms with van der Waals surface area (Å²) in [6.07, 6.45) is 2.01. The molecule has 0 radical (unpaired) electrons. The van der Waals surface area contributed by atoms with Crippen molar-refractivity contribution in [3.8, 4) is 0 Å². The molecule has 1 unspecified atom stereocenters. The summed E-state index contributed by atoms with van der Waals surface area (Å²) in [7, 11) is 0.0712. The SMILES string of the molecule is C=S1C=CC(Br)=C1Br. The van der Waals surface area contributed by atoms with Gasteiger partial charge in [0.1, 0.15) is 0 Å². The maximum Gasteiger partial charge on any atom is 0.0624 e. The zero-order chi connectivity index (χ0) is 6.15. The average molecular weight is 256 g/mol.